The van der Waals surface area contributed by atoms with E-state index in [-0.39, 0.29) is 23.8 Å². The first kappa shape index (κ1) is 21.5. The maximum absolute atomic E-state index is 13.5. The summed E-state index contributed by atoms with van der Waals surface area (Å²) in [5.74, 6) is -1.13. The van der Waals surface area contributed by atoms with E-state index in [4.69, 9.17) is 11.6 Å². The molecule has 0 aliphatic carbocycles. The van der Waals surface area contributed by atoms with Crippen LogP contribution in [0.2, 0.25) is 5.02 Å². The molecule has 0 aliphatic rings. The highest BCUT2D eigenvalue weighted by Gasteiger charge is 2.16. The number of benzene rings is 3. The van der Waals surface area contributed by atoms with E-state index in [1.807, 2.05) is 30.3 Å². The molecule has 3 aromatic carbocycles. The van der Waals surface area contributed by atoms with Gasteiger partial charge in [0.15, 0.2) is 0 Å². The van der Waals surface area contributed by atoms with Crippen LogP contribution in [0.1, 0.15) is 5.56 Å². The number of halogens is 2. The monoisotopic (exact) mass is 451 g/mol. The van der Waals surface area contributed by atoms with Crippen LogP contribution in [0.25, 0.3) is 10.9 Å². The Labute approximate surface area is 187 Å². The highest BCUT2D eigenvalue weighted by Crippen LogP contribution is 2.22. The molecular weight excluding hydrogens is 433 g/mol. The quantitative estimate of drug-likeness (QED) is 0.484. The van der Waals surface area contributed by atoms with Crippen molar-refractivity contribution in [1.82, 2.24) is 9.13 Å². The van der Waals surface area contributed by atoms with Crippen LogP contribution in [-0.4, -0.2) is 15.0 Å². The van der Waals surface area contributed by atoms with Gasteiger partial charge in [-0.2, -0.15) is 0 Å². The van der Waals surface area contributed by atoms with Gasteiger partial charge in [0, 0.05) is 6.54 Å². The predicted octanol–water partition coefficient (Wildman–Crippen LogP) is 3.84. The standard InChI is InChI=1S/C24H19ClFN3O3/c25-19-11-10-17(26)14-20(19)27-22(30)15-29-21-9-5-4-8-18(21)23(31)28(24(29)32)13-12-16-6-2-1-3-7-16/h1-11,14H,12-13,15H2,(H,27,30). The third kappa shape index (κ3) is 4.48. The van der Waals surface area contributed by atoms with Crippen molar-refractivity contribution in [3.05, 3.63) is 110 Å². The molecule has 0 unspecified atom stereocenters. The number of hydrogen-bond acceptors (Lipinski definition) is 3. The number of para-hydroxylation sites is 1. The minimum Gasteiger partial charge on any atom is -0.323 e. The lowest BCUT2D eigenvalue weighted by Crippen LogP contribution is -2.42. The van der Waals surface area contributed by atoms with Crippen molar-refractivity contribution in [2.24, 2.45) is 0 Å². The molecule has 0 fully saturated rings. The summed E-state index contributed by atoms with van der Waals surface area (Å²) in [6.07, 6.45) is 0.486. The molecule has 8 heteroatoms. The van der Waals surface area contributed by atoms with Gasteiger partial charge in [-0.15, -0.1) is 0 Å². The average Bonchev–Trinajstić information content (AvgIpc) is 2.80. The van der Waals surface area contributed by atoms with Crippen LogP contribution in [0, 0.1) is 5.82 Å². The Hall–Kier alpha value is -3.71. The number of anilines is 1. The van der Waals surface area contributed by atoms with Crippen molar-refractivity contribution in [2.45, 2.75) is 19.5 Å². The molecule has 0 saturated heterocycles. The lowest BCUT2D eigenvalue weighted by molar-refractivity contribution is -0.116. The Morgan fingerprint density at radius 2 is 1.66 bits per heavy atom. The molecule has 0 aliphatic heterocycles. The molecule has 0 saturated carbocycles. The van der Waals surface area contributed by atoms with Crippen LogP contribution in [0.4, 0.5) is 10.1 Å². The van der Waals surface area contributed by atoms with Gasteiger partial charge in [-0.25, -0.2) is 9.18 Å². The molecule has 0 bridgehead atoms. The molecule has 4 rings (SSSR count). The number of aromatic nitrogens is 2. The molecule has 1 aromatic heterocycles. The minimum absolute atomic E-state index is 0.103. The van der Waals surface area contributed by atoms with Crippen molar-refractivity contribution in [1.29, 1.82) is 0 Å². The van der Waals surface area contributed by atoms with Crippen molar-refractivity contribution in [3.63, 3.8) is 0 Å². The van der Waals surface area contributed by atoms with Crippen LogP contribution >= 0.6 is 11.6 Å². The summed E-state index contributed by atoms with van der Waals surface area (Å²) in [5.41, 5.74) is 0.429. The Bertz CT molecular complexity index is 1410. The number of nitrogens with zero attached hydrogens (tertiary/aromatic N) is 2. The zero-order valence-electron chi connectivity index (χ0n) is 16.9. The van der Waals surface area contributed by atoms with Crippen molar-refractivity contribution >= 4 is 34.1 Å². The van der Waals surface area contributed by atoms with Crippen molar-refractivity contribution in [3.8, 4) is 0 Å². The zero-order chi connectivity index (χ0) is 22.7. The largest absolute Gasteiger partial charge is 0.331 e. The van der Waals surface area contributed by atoms with Crippen LogP contribution < -0.4 is 16.6 Å². The number of nitrogens with one attached hydrogen (secondary N) is 1. The fourth-order valence-corrected chi connectivity index (χ4v) is 3.70. The van der Waals surface area contributed by atoms with E-state index in [9.17, 15) is 18.8 Å². The molecule has 1 amide bonds. The molecule has 0 radical (unpaired) electrons. The van der Waals surface area contributed by atoms with Gasteiger partial charge in [0.2, 0.25) is 5.91 Å². The van der Waals surface area contributed by atoms with Crippen molar-refractivity contribution < 1.29 is 9.18 Å². The Morgan fingerprint density at radius 3 is 2.44 bits per heavy atom. The average molecular weight is 452 g/mol. The van der Waals surface area contributed by atoms with E-state index in [1.165, 1.54) is 16.7 Å². The predicted molar refractivity (Wildman–Crippen MR) is 123 cm³/mol. The van der Waals surface area contributed by atoms with Gasteiger partial charge in [-0.05, 0) is 42.3 Å². The molecule has 162 valence electrons. The van der Waals surface area contributed by atoms with E-state index in [0.717, 1.165) is 16.2 Å². The molecule has 1 heterocycles. The number of fused-ring (bicyclic) bond motifs is 1. The van der Waals surface area contributed by atoms with Gasteiger partial charge in [-0.1, -0.05) is 54.1 Å². The van der Waals surface area contributed by atoms with E-state index < -0.39 is 23.0 Å². The van der Waals surface area contributed by atoms with Gasteiger partial charge in [0.1, 0.15) is 12.4 Å². The van der Waals surface area contributed by atoms with E-state index >= 15 is 0 Å². The van der Waals surface area contributed by atoms with Gasteiger partial charge in [0.25, 0.3) is 5.56 Å². The lowest BCUT2D eigenvalue weighted by Gasteiger charge is -2.14. The van der Waals surface area contributed by atoms with Gasteiger partial charge < -0.3 is 5.32 Å². The van der Waals surface area contributed by atoms with Crippen LogP contribution in [0.15, 0.2) is 82.4 Å². The van der Waals surface area contributed by atoms with Crippen LogP contribution in [0.5, 0.6) is 0 Å². The molecule has 32 heavy (non-hydrogen) atoms. The summed E-state index contributed by atoms with van der Waals surface area (Å²) in [7, 11) is 0. The number of carbonyl (C=O) groups is 1. The first-order valence-electron chi connectivity index (χ1n) is 9.95. The molecule has 4 aromatic rings. The normalized spacial score (nSPS) is 10.9. The molecular formula is C24H19ClFN3O3. The fraction of sp³-hybridized carbons (Fsp3) is 0.125. The third-order valence-corrected chi connectivity index (χ3v) is 5.43. The van der Waals surface area contributed by atoms with E-state index in [2.05, 4.69) is 5.32 Å². The first-order valence-corrected chi connectivity index (χ1v) is 10.3. The second-order valence-corrected chi connectivity index (χ2v) is 7.66. The molecule has 0 spiro atoms. The van der Waals surface area contributed by atoms with Crippen LogP contribution in [0.3, 0.4) is 0 Å². The Kier molecular flexibility index (Phi) is 6.18. The van der Waals surface area contributed by atoms with Gasteiger partial charge in [0.05, 0.1) is 21.6 Å². The smallest absolute Gasteiger partial charge is 0.323 e. The number of carbonyl (C=O) groups excluding carboxylic acids is 1. The number of aryl methyl sites for hydroxylation is 1. The summed E-state index contributed by atoms with van der Waals surface area (Å²) >= 11 is 6.02. The highest BCUT2D eigenvalue weighted by molar-refractivity contribution is 6.33. The molecule has 6 nitrogen and oxygen atoms in total. The molecule has 1 N–H and O–H groups in total. The second-order valence-electron chi connectivity index (χ2n) is 7.25. The lowest BCUT2D eigenvalue weighted by atomic mass is 10.1. The third-order valence-electron chi connectivity index (χ3n) is 5.10. The summed E-state index contributed by atoms with van der Waals surface area (Å²) < 4.78 is 15.9. The molecule has 0 atom stereocenters. The van der Waals surface area contributed by atoms with Crippen molar-refractivity contribution in [2.75, 3.05) is 5.32 Å². The summed E-state index contributed by atoms with van der Waals surface area (Å²) in [6.45, 7) is -0.193. The maximum Gasteiger partial charge on any atom is 0.331 e. The fourth-order valence-electron chi connectivity index (χ4n) is 3.53. The maximum atomic E-state index is 13.5. The van der Waals surface area contributed by atoms with E-state index in [1.54, 1.807) is 24.3 Å². The second kappa shape index (κ2) is 9.20. The van der Waals surface area contributed by atoms with Gasteiger partial charge in [-0.3, -0.25) is 18.7 Å². The number of amides is 1. The number of hydrogen-bond donors (Lipinski definition) is 1. The highest BCUT2D eigenvalue weighted by atomic mass is 35.5. The summed E-state index contributed by atoms with van der Waals surface area (Å²) in [4.78, 5) is 38.8. The SMILES string of the molecule is O=C(Cn1c(=O)n(CCc2ccccc2)c(=O)c2ccccc21)Nc1cc(F)ccc1Cl. The first-order chi connectivity index (χ1) is 15.4. The minimum atomic E-state index is -0.592. The number of rotatable bonds is 6. The van der Waals surface area contributed by atoms with Crippen LogP contribution in [-0.2, 0) is 24.3 Å². The Morgan fingerprint density at radius 1 is 0.938 bits per heavy atom. The summed E-state index contributed by atoms with van der Waals surface area (Å²) in [5, 5.41) is 3.03. The zero-order valence-corrected chi connectivity index (χ0v) is 17.7. The van der Waals surface area contributed by atoms with E-state index in [0.29, 0.717) is 17.3 Å². The topological polar surface area (TPSA) is 73.1 Å². The summed E-state index contributed by atoms with van der Waals surface area (Å²) in [6, 6.07) is 19.7. The van der Waals surface area contributed by atoms with Gasteiger partial charge >= 0.3 is 5.69 Å². The Balaban J connectivity index is 1.70.